The monoisotopic (exact) mass is 476 g/mol. The van der Waals surface area contributed by atoms with Crippen molar-refractivity contribution < 1.29 is 27.5 Å². The van der Waals surface area contributed by atoms with Crippen molar-refractivity contribution in [3.8, 4) is 0 Å². The van der Waals surface area contributed by atoms with E-state index in [9.17, 15) is 23.1 Å². The predicted octanol–water partition coefficient (Wildman–Crippen LogP) is 3.90. The first kappa shape index (κ1) is 22.6. The fourth-order valence-electron chi connectivity index (χ4n) is 4.01. The molecule has 3 aromatic rings. The number of furan rings is 1. The van der Waals surface area contributed by atoms with Crippen LogP contribution in [-0.2, 0) is 19.6 Å². The number of anilines is 1. The van der Waals surface area contributed by atoms with Crippen molar-refractivity contribution >= 4 is 61.3 Å². The van der Waals surface area contributed by atoms with Gasteiger partial charge in [0, 0.05) is 46.0 Å². The molecule has 1 aliphatic rings. The number of aliphatic carboxylic acids is 1. The summed E-state index contributed by atoms with van der Waals surface area (Å²) in [4.78, 5) is 23.6. The summed E-state index contributed by atoms with van der Waals surface area (Å²) in [5, 5.41) is 13.9. The van der Waals surface area contributed by atoms with Crippen molar-refractivity contribution in [1.82, 2.24) is 4.31 Å². The van der Waals surface area contributed by atoms with Gasteiger partial charge in [-0.15, -0.1) is 0 Å². The van der Waals surface area contributed by atoms with Crippen LogP contribution in [-0.4, -0.2) is 52.8 Å². The summed E-state index contributed by atoms with van der Waals surface area (Å²) < 4.78 is 33.1. The molecule has 8 nitrogen and oxygen atoms in total. The van der Waals surface area contributed by atoms with Crippen LogP contribution in [0.15, 0.2) is 45.7 Å². The first-order valence-corrected chi connectivity index (χ1v) is 12.6. The molecule has 0 spiro atoms. The van der Waals surface area contributed by atoms with Gasteiger partial charge in [-0.2, -0.15) is 16.1 Å². The largest absolute Gasteiger partial charge is 0.480 e. The summed E-state index contributed by atoms with van der Waals surface area (Å²) in [6.07, 6.45) is 0.350. The highest BCUT2D eigenvalue weighted by atomic mass is 32.2. The molecule has 0 aliphatic carbocycles. The maximum atomic E-state index is 13.5. The molecule has 0 unspecified atom stereocenters. The van der Waals surface area contributed by atoms with Crippen LogP contribution in [0.4, 0.5) is 5.69 Å². The van der Waals surface area contributed by atoms with Crippen molar-refractivity contribution in [2.75, 3.05) is 17.6 Å². The van der Waals surface area contributed by atoms with Crippen LogP contribution in [0.25, 0.3) is 21.9 Å². The molecule has 0 bridgehead atoms. The van der Waals surface area contributed by atoms with Gasteiger partial charge in [0.1, 0.15) is 17.2 Å². The molecule has 1 fully saturated rings. The Kier molecular flexibility index (Phi) is 5.72. The minimum Gasteiger partial charge on any atom is -0.480 e. The molecule has 2 heterocycles. The van der Waals surface area contributed by atoms with Crippen molar-refractivity contribution in [2.45, 2.75) is 42.9 Å². The van der Waals surface area contributed by atoms with Gasteiger partial charge in [0.15, 0.2) is 0 Å². The van der Waals surface area contributed by atoms with E-state index in [1.165, 1.54) is 23.9 Å². The number of hydrogen-bond donors (Lipinski definition) is 2. The lowest BCUT2D eigenvalue weighted by Gasteiger charge is -2.42. The number of sulfonamides is 1. The zero-order valence-electron chi connectivity index (χ0n) is 17.9. The number of hydrogen-bond acceptors (Lipinski definition) is 6. The van der Waals surface area contributed by atoms with Crippen LogP contribution in [0, 0.1) is 0 Å². The first-order valence-electron chi connectivity index (χ1n) is 10.2. The molecule has 1 atom stereocenters. The maximum Gasteiger partial charge on any atom is 0.323 e. The third-order valence-corrected chi connectivity index (χ3v) is 8.83. The summed E-state index contributed by atoms with van der Waals surface area (Å²) in [6.45, 7) is 5.38. The van der Waals surface area contributed by atoms with E-state index in [4.69, 9.17) is 4.42 Å². The smallest absolute Gasteiger partial charge is 0.323 e. The Hall–Kier alpha value is -2.56. The fraction of sp³-hybridized carbons (Fsp3) is 0.364. The topological polar surface area (TPSA) is 117 Å². The third-order valence-electron chi connectivity index (χ3n) is 5.62. The number of rotatable bonds is 5. The minimum atomic E-state index is -4.05. The van der Waals surface area contributed by atoms with Crippen LogP contribution in [0.5, 0.6) is 0 Å². The molecule has 32 heavy (non-hydrogen) atoms. The summed E-state index contributed by atoms with van der Waals surface area (Å²) in [7, 11) is -4.05. The van der Waals surface area contributed by atoms with Crippen LogP contribution < -0.4 is 5.32 Å². The van der Waals surface area contributed by atoms with E-state index < -0.39 is 26.8 Å². The number of nitrogens with one attached hydrogen (secondary N) is 1. The highest BCUT2D eigenvalue weighted by Gasteiger charge is 2.48. The van der Waals surface area contributed by atoms with Gasteiger partial charge in [0.05, 0.1) is 4.90 Å². The third kappa shape index (κ3) is 3.87. The van der Waals surface area contributed by atoms with Crippen LogP contribution in [0.3, 0.4) is 0 Å². The van der Waals surface area contributed by atoms with Crippen molar-refractivity contribution in [2.24, 2.45) is 0 Å². The second-order valence-electron chi connectivity index (χ2n) is 8.18. The Morgan fingerprint density at radius 1 is 1.19 bits per heavy atom. The average Bonchev–Trinajstić information content (AvgIpc) is 3.09. The number of fused-ring (bicyclic) bond motifs is 3. The van der Waals surface area contributed by atoms with Gasteiger partial charge in [0.25, 0.3) is 0 Å². The fourth-order valence-corrected chi connectivity index (χ4v) is 7.14. The lowest BCUT2D eigenvalue weighted by Crippen LogP contribution is -2.58. The van der Waals surface area contributed by atoms with E-state index in [1.54, 1.807) is 45.0 Å². The summed E-state index contributed by atoms with van der Waals surface area (Å²) in [5.74, 6) is -0.772. The lowest BCUT2D eigenvalue weighted by atomic mass is 10.0. The maximum absolute atomic E-state index is 13.5. The van der Waals surface area contributed by atoms with Gasteiger partial charge in [-0.3, -0.25) is 9.59 Å². The van der Waals surface area contributed by atoms with Gasteiger partial charge in [-0.05, 0) is 44.2 Å². The number of carbonyl (C=O) groups is 2. The molecule has 1 saturated heterocycles. The number of benzene rings is 2. The van der Waals surface area contributed by atoms with E-state index >= 15 is 0 Å². The van der Waals surface area contributed by atoms with Crippen LogP contribution in [0.2, 0.25) is 0 Å². The lowest BCUT2D eigenvalue weighted by molar-refractivity contribution is -0.142. The Labute approximate surface area is 190 Å². The second kappa shape index (κ2) is 8.09. The number of amides is 1. The molecular formula is C22H24N2O6S2. The quantitative estimate of drug-likeness (QED) is 0.573. The Balaban J connectivity index is 1.77. The number of carboxylic acid groups (broad SMARTS) is 1. The van der Waals surface area contributed by atoms with E-state index in [2.05, 4.69) is 5.32 Å². The molecule has 10 heteroatoms. The van der Waals surface area contributed by atoms with E-state index in [-0.39, 0.29) is 17.3 Å². The minimum absolute atomic E-state index is 0.0185. The molecule has 1 amide bonds. The normalized spacial score (nSPS) is 19.3. The molecule has 1 aromatic heterocycles. The molecule has 0 saturated carbocycles. The second-order valence-corrected chi connectivity index (χ2v) is 11.8. The Morgan fingerprint density at radius 2 is 1.94 bits per heavy atom. The average molecular weight is 477 g/mol. The van der Waals surface area contributed by atoms with E-state index in [1.807, 2.05) is 0 Å². The predicted molar refractivity (Wildman–Crippen MR) is 124 cm³/mol. The molecule has 170 valence electrons. The Bertz CT molecular complexity index is 1330. The molecule has 2 aromatic carbocycles. The number of carbonyl (C=O) groups excluding carboxylic acids is 1. The van der Waals surface area contributed by atoms with Crippen molar-refractivity contribution in [1.29, 1.82) is 0 Å². The van der Waals surface area contributed by atoms with Crippen LogP contribution in [0.1, 0.15) is 27.2 Å². The number of nitrogens with zero attached hydrogens (tertiary/aromatic N) is 1. The first-order chi connectivity index (χ1) is 15.0. The van der Waals surface area contributed by atoms with E-state index in [0.717, 1.165) is 4.31 Å². The number of carboxylic acids is 1. The Morgan fingerprint density at radius 3 is 2.62 bits per heavy atom. The molecule has 1 aliphatic heterocycles. The SMILES string of the molecule is CCC(=O)Nc1ccc2c(c1)oc1ccc(S(=O)(=O)N3CCSC(C)(C)[C@@H]3C(=O)O)cc12. The van der Waals surface area contributed by atoms with Gasteiger partial charge in [-0.25, -0.2) is 8.42 Å². The molecule has 2 N–H and O–H groups in total. The van der Waals surface area contributed by atoms with Crippen molar-refractivity contribution in [3.05, 3.63) is 36.4 Å². The molecule has 4 rings (SSSR count). The van der Waals surface area contributed by atoms with E-state index in [0.29, 0.717) is 39.8 Å². The van der Waals surface area contributed by atoms with Gasteiger partial charge in [-0.1, -0.05) is 6.92 Å². The summed E-state index contributed by atoms with van der Waals surface area (Å²) >= 11 is 1.45. The zero-order valence-corrected chi connectivity index (χ0v) is 19.5. The molecule has 0 radical (unpaired) electrons. The van der Waals surface area contributed by atoms with Crippen LogP contribution >= 0.6 is 11.8 Å². The van der Waals surface area contributed by atoms with Gasteiger partial charge in [0.2, 0.25) is 15.9 Å². The van der Waals surface area contributed by atoms with Crippen molar-refractivity contribution in [3.63, 3.8) is 0 Å². The molecular weight excluding hydrogens is 452 g/mol. The van der Waals surface area contributed by atoms with Gasteiger partial charge >= 0.3 is 5.97 Å². The highest BCUT2D eigenvalue weighted by molar-refractivity contribution is 8.00. The van der Waals surface area contributed by atoms with Gasteiger partial charge < -0.3 is 14.8 Å². The summed E-state index contributed by atoms with van der Waals surface area (Å²) in [5.41, 5.74) is 1.61. The number of thioether (sulfide) groups is 1. The summed E-state index contributed by atoms with van der Waals surface area (Å²) in [6, 6.07) is 8.56. The highest BCUT2D eigenvalue weighted by Crippen LogP contribution is 2.39. The standard InChI is InChI=1S/C22H24N2O6S2/c1-4-19(25)23-13-5-7-15-16-12-14(6-8-17(16)30-18(15)11-13)32(28,29)24-9-10-31-22(2,3)20(24)21(26)27/h5-8,11-12,20H,4,9-10H2,1-3H3,(H,23,25)(H,26,27)/t20-/m0/s1. The zero-order chi connectivity index (χ0) is 23.3.